The molecule has 8 heteroatoms. The molecule has 1 aromatic rings. The Balaban J connectivity index is 2.11. The van der Waals surface area contributed by atoms with Crippen molar-refractivity contribution in [3.8, 4) is 0 Å². The molecule has 1 fully saturated rings. The van der Waals surface area contributed by atoms with E-state index in [1.165, 1.54) is 16.7 Å². The Morgan fingerprint density at radius 3 is 2.05 bits per heavy atom. The van der Waals surface area contributed by atoms with E-state index in [2.05, 4.69) is 35.6 Å². The standard InChI is InChI=1S/C12H19ClN4O2S/c1-12(2,3)16-4-6-17(7-5-16)20(18,19)10-8-14-11(13)15-9-10/h8-9H,4-7H2,1-3H3. The van der Waals surface area contributed by atoms with Crippen LogP contribution in [-0.4, -0.2) is 59.3 Å². The molecule has 0 saturated carbocycles. The van der Waals surface area contributed by atoms with Crippen LogP contribution in [0.1, 0.15) is 20.8 Å². The van der Waals surface area contributed by atoms with Crippen molar-refractivity contribution >= 4 is 21.6 Å². The highest BCUT2D eigenvalue weighted by Gasteiger charge is 2.32. The van der Waals surface area contributed by atoms with Gasteiger partial charge in [-0.3, -0.25) is 4.90 Å². The smallest absolute Gasteiger partial charge is 0.246 e. The van der Waals surface area contributed by atoms with Crippen LogP contribution in [0.5, 0.6) is 0 Å². The molecule has 2 rings (SSSR count). The van der Waals surface area contributed by atoms with Crippen LogP contribution in [0, 0.1) is 0 Å². The summed E-state index contributed by atoms with van der Waals surface area (Å²) in [5, 5.41) is 0.0431. The van der Waals surface area contributed by atoms with Crippen molar-refractivity contribution in [1.29, 1.82) is 0 Å². The molecule has 1 saturated heterocycles. The Morgan fingerprint density at radius 1 is 1.10 bits per heavy atom. The molecule has 2 heterocycles. The number of rotatable bonds is 2. The number of halogens is 1. The van der Waals surface area contributed by atoms with Crippen molar-refractivity contribution in [2.45, 2.75) is 31.2 Å². The molecular formula is C12H19ClN4O2S. The summed E-state index contributed by atoms with van der Waals surface area (Å²) in [5.74, 6) is 0. The first-order valence-corrected chi connectivity index (χ1v) is 8.26. The van der Waals surface area contributed by atoms with Crippen LogP contribution >= 0.6 is 11.6 Å². The minimum Gasteiger partial charge on any atom is -0.296 e. The second-order valence-electron chi connectivity index (χ2n) is 5.75. The molecule has 1 aliphatic rings. The predicted molar refractivity (Wildman–Crippen MR) is 77.1 cm³/mol. The zero-order valence-corrected chi connectivity index (χ0v) is 13.4. The van der Waals surface area contributed by atoms with Crippen LogP contribution in [0.2, 0.25) is 5.28 Å². The van der Waals surface area contributed by atoms with Gasteiger partial charge >= 0.3 is 0 Å². The summed E-state index contributed by atoms with van der Waals surface area (Å²) >= 11 is 5.58. The van der Waals surface area contributed by atoms with Gasteiger partial charge in [-0.15, -0.1) is 0 Å². The van der Waals surface area contributed by atoms with Crippen LogP contribution < -0.4 is 0 Å². The summed E-state index contributed by atoms with van der Waals surface area (Å²) in [6.45, 7) is 8.78. The van der Waals surface area contributed by atoms with E-state index in [9.17, 15) is 8.42 Å². The Kier molecular flexibility index (Phi) is 4.34. The van der Waals surface area contributed by atoms with Crippen molar-refractivity contribution in [3.63, 3.8) is 0 Å². The molecule has 112 valence electrons. The van der Waals surface area contributed by atoms with Crippen LogP contribution in [0.3, 0.4) is 0 Å². The van der Waals surface area contributed by atoms with Gasteiger partial charge in [-0.25, -0.2) is 18.4 Å². The number of sulfonamides is 1. The first-order valence-electron chi connectivity index (χ1n) is 6.44. The zero-order chi connectivity index (χ0) is 15.0. The van der Waals surface area contributed by atoms with Gasteiger partial charge in [-0.2, -0.15) is 4.31 Å². The molecule has 0 spiro atoms. The monoisotopic (exact) mass is 318 g/mol. The highest BCUT2D eigenvalue weighted by atomic mass is 35.5. The fraction of sp³-hybridized carbons (Fsp3) is 0.667. The molecule has 0 radical (unpaired) electrons. The minimum atomic E-state index is -3.52. The highest BCUT2D eigenvalue weighted by Crippen LogP contribution is 2.20. The van der Waals surface area contributed by atoms with Gasteiger partial charge in [0.25, 0.3) is 0 Å². The molecule has 1 aromatic heterocycles. The first-order chi connectivity index (χ1) is 9.21. The third-order valence-corrected chi connectivity index (χ3v) is 5.47. The third kappa shape index (κ3) is 3.28. The van der Waals surface area contributed by atoms with E-state index in [-0.39, 0.29) is 15.7 Å². The number of hydrogen-bond donors (Lipinski definition) is 0. The molecular weight excluding hydrogens is 300 g/mol. The topological polar surface area (TPSA) is 66.4 Å². The van der Waals surface area contributed by atoms with Gasteiger partial charge in [-0.05, 0) is 32.4 Å². The quantitative estimate of drug-likeness (QED) is 0.767. The molecule has 0 aromatic carbocycles. The maximum Gasteiger partial charge on any atom is 0.246 e. The van der Waals surface area contributed by atoms with Crippen molar-refractivity contribution in [2.24, 2.45) is 0 Å². The summed E-state index contributed by atoms with van der Waals surface area (Å²) in [4.78, 5) is 9.83. The molecule has 6 nitrogen and oxygen atoms in total. The molecule has 0 unspecified atom stereocenters. The Bertz CT molecular complexity index is 560. The lowest BCUT2D eigenvalue weighted by molar-refractivity contribution is 0.0921. The van der Waals surface area contributed by atoms with Gasteiger partial charge in [0.1, 0.15) is 4.90 Å². The first kappa shape index (κ1) is 15.6. The average Bonchev–Trinajstić information content (AvgIpc) is 2.38. The summed E-state index contributed by atoms with van der Waals surface area (Å²) < 4.78 is 26.4. The van der Waals surface area contributed by atoms with E-state index in [1.54, 1.807) is 0 Å². The lowest BCUT2D eigenvalue weighted by atomic mass is 10.1. The summed E-state index contributed by atoms with van der Waals surface area (Å²) in [5.41, 5.74) is 0.0548. The highest BCUT2D eigenvalue weighted by molar-refractivity contribution is 7.89. The second-order valence-corrected chi connectivity index (χ2v) is 8.03. The number of nitrogens with zero attached hydrogens (tertiary/aromatic N) is 4. The summed E-state index contributed by atoms with van der Waals surface area (Å²) in [6.07, 6.45) is 2.50. The Hall–Kier alpha value is -0.760. The van der Waals surface area contributed by atoms with E-state index >= 15 is 0 Å². The predicted octanol–water partition coefficient (Wildman–Crippen LogP) is 1.23. The lowest BCUT2D eigenvalue weighted by Gasteiger charge is -2.41. The zero-order valence-electron chi connectivity index (χ0n) is 11.9. The van der Waals surface area contributed by atoms with Gasteiger partial charge in [0.15, 0.2) is 0 Å². The van der Waals surface area contributed by atoms with Gasteiger partial charge in [-0.1, -0.05) is 0 Å². The second kappa shape index (κ2) is 5.55. The molecule has 0 aliphatic carbocycles. The van der Waals surface area contributed by atoms with E-state index in [1.807, 2.05) is 0 Å². The van der Waals surface area contributed by atoms with Gasteiger partial charge in [0.2, 0.25) is 15.3 Å². The molecule has 0 atom stereocenters. The van der Waals surface area contributed by atoms with E-state index in [0.29, 0.717) is 13.1 Å². The molecule has 1 aliphatic heterocycles. The lowest BCUT2D eigenvalue weighted by Crippen LogP contribution is -2.54. The largest absolute Gasteiger partial charge is 0.296 e. The van der Waals surface area contributed by atoms with Crippen molar-refractivity contribution in [3.05, 3.63) is 17.7 Å². The maximum absolute atomic E-state index is 12.4. The molecule has 0 amide bonds. The number of aromatic nitrogens is 2. The SMILES string of the molecule is CC(C)(C)N1CCN(S(=O)(=O)c2cnc(Cl)nc2)CC1. The van der Waals surface area contributed by atoms with Gasteiger partial charge in [0.05, 0.1) is 12.4 Å². The van der Waals surface area contributed by atoms with Gasteiger partial charge in [0, 0.05) is 31.7 Å². The van der Waals surface area contributed by atoms with Crippen LogP contribution in [0.25, 0.3) is 0 Å². The number of hydrogen-bond acceptors (Lipinski definition) is 5. The van der Waals surface area contributed by atoms with E-state index < -0.39 is 10.0 Å². The van der Waals surface area contributed by atoms with Crippen LogP contribution in [0.15, 0.2) is 17.3 Å². The van der Waals surface area contributed by atoms with Crippen molar-refractivity contribution < 1.29 is 8.42 Å². The van der Waals surface area contributed by atoms with Crippen LogP contribution in [-0.2, 0) is 10.0 Å². The average molecular weight is 319 g/mol. The maximum atomic E-state index is 12.4. The summed E-state index contributed by atoms with van der Waals surface area (Å²) in [6, 6.07) is 0. The van der Waals surface area contributed by atoms with E-state index in [0.717, 1.165) is 13.1 Å². The fourth-order valence-corrected chi connectivity index (χ4v) is 3.59. The number of piperazine rings is 1. The minimum absolute atomic E-state index is 0.0431. The summed E-state index contributed by atoms with van der Waals surface area (Å²) in [7, 11) is -3.52. The molecule has 0 N–H and O–H groups in total. The van der Waals surface area contributed by atoms with Crippen molar-refractivity contribution in [2.75, 3.05) is 26.2 Å². The van der Waals surface area contributed by atoms with Crippen molar-refractivity contribution in [1.82, 2.24) is 19.2 Å². The third-order valence-electron chi connectivity index (χ3n) is 3.42. The molecule has 20 heavy (non-hydrogen) atoms. The van der Waals surface area contributed by atoms with Crippen LogP contribution in [0.4, 0.5) is 0 Å². The van der Waals surface area contributed by atoms with Gasteiger partial charge < -0.3 is 0 Å². The van der Waals surface area contributed by atoms with E-state index in [4.69, 9.17) is 11.6 Å². The Morgan fingerprint density at radius 2 is 1.60 bits per heavy atom. The normalized spacial score (nSPS) is 19.2. The molecule has 0 bridgehead atoms. The fourth-order valence-electron chi connectivity index (χ4n) is 2.18. The Labute approximate surface area is 124 Å².